The van der Waals surface area contributed by atoms with Crippen LogP contribution in [-0.4, -0.2) is 6.61 Å². The predicted octanol–water partition coefficient (Wildman–Crippen LogP) is 3.60. The molecule has 0 aliphatic carbocycles. The highest BCUT2D eigenvalue weighted by Crippen LogP contribution is 2.28. The van der Waals surface area contributed by atoms with Gasteiger partial charge in [0.15, 0.2) is 11.6 Å². The summed E-state index contributed by atoms with van der Waals surface area (Å²) in [7, 11) is 0. The van der Waals surface area contributed by atoms with E-state index in [0.717, 1.165) is 0 Å². The predicted molar refractivity (Wildman–Crippen MR) is 68.5 cm³/mol. The van der Waals surface area contributed by atoms with E-state index in [0.29, 0.717) is 23.8 Å². The van der Waals surface area contributed by atoms with Crippen molar-refractivity contribution in [3.63, 3.8) is 0 Å². The lowest BCUT2D eigenvalue weighted by molar-refractivity contribution is 0.337. The van der Waals surface area contributed by atoms with Crippen molar-refractivity contribution in [3.05, 3.63) is 48.3 Å². The van der Waals surface area contributed by atoms with Gasteiger partial charge in [0.1, 0.15) is 11.5 Å². The lowest BCUT2D eigenvalue weighted by Crippen LogP contribution is -1.93. The number of hydrogen-bond donors (Lipinski definition) is 1. The van der Waals surface area contributed by atoms with E-state index in [1.165, 1.54) is 12.1 Å². The number of hydrogen-bond acceptors (Lipinski definition) is 3. The molecule has 0 aliphatic heterocycles. The molecular weight excluding hydrogens is 233 g/mol. The molecule has 0 aliphatic rings. The minimum Gasteiger partial charge on any atom is -0.494 e. The summed E-state index contributed by atoms with van der Waals surface area (Å²) in [6, 6.07) is 11.4. The van der Waals surface area contributed by atoms with E-state index in [9.17, 15) is 4.39 Å². The molecule has 2 rings (SSSR count). The Labute approximate surface area is 105 Å². The highest BCUT2D eigenvalue weighted by Gasteiger charge is 2.05. The summed E-state index contributed by atoms with van der Waals surface area (Å²) in [5, 5.41) is 0. The minimum atomic E-state index is -0.489. The van der Waals surface area contributed by atoms with Gasteiger partial charge in [-0.25, -0.2) is 4.39 Å². The smallest absolute Gasteiger partial charge is 0.167 e. The Balaban J connectivity index is 2.20. The molecule has 2 aromatic rings. The van der Waals surface area contributed by atoms with E-state index in [1.807, 2.05) is 13.0 Å². The van der Waals surface area contributed by atoms with Crippen molar-refractivity contribution in [3.8, 4) is 17.2 Å². The molecule has 4 heteroatoms. The van der Waals surface area contributed by atoms with E-state index in [2.05, 4.69) is 0 Å². The molecule has 0 bridgehead atoms. The second-order valence-electron chi connectivity index (χ2n) is 3.70. The van der Waals surface area contributed by atoms with Crippen LogP contribution in [-0.2, 0) is 0 Å². The van der Waals surface area contributed by atoms with Crippen molar-refractivity contribution in [1.82, 2.24) is 0 Å². The van der Waals surface area contributed by atoms with Crippen molar-refractivity contribution in [2.45, 2.75) is 6.92 Å². The van der Waals surface area contributed by atoms with E-state index >= 15 is 0 Å². The topological polar surface area (TPSA) is 44.5 Å². The average molecular weight is 247 g/mol. The Hall–Kier alpha value is -2.23. The standard InChI is InChI=1S/C14H14FNO2/c1-2-17-11-4-3-5-12(9-11)18-14-7-6-10(16)8-13(14)15/h3-9H,2,16H2,1H3. The van der Waals surface area contributed by atoms with Gasteiger partial charge < -0.3 is 15.2 Å². The van der Waals surface area contributed by atoms with Crippen LogP contribution in [0.3, 0.4) is 0 Å². The summed E-state index contributed by atoms with van der Waals surface area (Å²) in [6.07, 6.45) is 0. The first-order valence-electron chi connectivity index (χ1n) is 5.65. The van der Waals surface area contributed by atoms with Gasteiger partial charge in [0.2, 0.25) is 0 Å². The zero-order chi connectivity index (χ0) is 13.0. The highest BCUT2D eigenvalue weighted by atomic mass is 19.1. The third-order valence-electron chi connectivity index (χ3n) is 2.30. The third-order valence-corrected chi connectivity index (χ3v) is 2.30. The lowest BCUT2D eigenvalue weighted by Gasteiger charge is -2.09. The maximum absolute atomic E-state index is 13.5. The van der Waals surface area contributed by atoms with E-state index in [4.69, 9.17) is 15.2 Å². The van der Waals surface area contributed by atoms with Gasteiger partial charge in [0.25, 0.3) is 0 Å². The molecule has 0 fully saturated rings. The van der Waals surface area contributed by atoms with Crippen LogP contribution in [0.15, 0.2) is 42.5 Å². The molecule has 94 valence electrons. The molecule has 0 heterocycles. The second kappa shape index (κ2) is 5.40. The largest absolute Gasteiger partial charge is 0.494 e. The van der Waals surface area contributed by atoms with E-state index < -0.39 is 5.82 Å². The zero-order valence-electron chi connectivity index (χ0n) is 10.0. The fourth-order valence-corrected chi connectivity index (χ4v) is 1.52. The van der Waals surface area contributed by atoms with Crippen molar-refractivity contribution in [2.24, 2.45) is 0 Å². The lowest BCUT2D eigenvalue weighted by atomic mass is 10.3. The first-order valence-corrected chi connectivity index (χ1v) is 5.65. The van der Waals surface area contributed by atoms with E-state index in [1.54, 1.807) is 24.3 Å². The monoisotopic (exact) mass is 247 g/mol. The third kappa shape index (κ3) is 2.91. The number of nitrogens with two attached hydrogens (primary N) is 1. The number of benzene rings is 2. The summed E-state index contributed by atoms with van der Waals surface area (Å²) < 4.78 is 24.3. The van der Waals surface area contributed by atoms with Gasteiger partial charge in [0.05, 0.1) is 6.61 Å². The Morgan fingerprint density at radius 3 is 2.61 bits per heavy atom. The van der Waals surface area contributed by atoms with Crippen molar-refractivity contribution in [2.75, 3.05) is 12.3 Å². The van der Waals surface area contributed by atoms with Crippen molar-refractivity contribution < 1.29 is 13.9 Å². The van der Waals surface area contributed by atoms with Gasteiger partial charge in [-0.3, -0.25) is 0 Å². The summed E-state index contributed by atoms with van der Waals surface area (Å²) in [6.45, 7) is 2.47. The average Bonchev–Trinajstić information content (AvgIpc) is 2.34. The van der Waals surface area contributed by atoms with Crippen LogP contribution in [0.4, 0.5) is 10.1 Å². The molecule has 3 nitrogen and oxygen atoms in total. The zero-order valence-corrected chi connectivity index (χ0v) is 10.0. The minimum absolute atomic E-state index is 0.137. The van der Waals surface area contributed by atoms with Crippen LogP contribution < -0.4 is 15.2 Å². The van der Waals surface area contributed by atoms with Crippen LogP contribution in [0, 0.1) is 5.82 Å². The number of halogens is 1. The molecule has 0 saturated heterocycles. The Morgan fingerprint density at radius 1 is 1.11 bits per heavy atom. The van der Waals surface area contributed by atoms with Crippen LogP contribution >= 0.6 is 0 Å². The quantitative estimate of drug-likeness (QED) is 0.839. The molecule has 0 spiro atoms. The summed E-state index contributed by atoms with van der Waals surface area (Å²) in [4.78, 5) is 0. The molecule has 0 saturated carbocycles. The summed E-state index contributed by atoms with van der Waals surface area (Å²) >= 11 is 0. The number of ether oxygens (including phenoxy) is 2. The van der Waals surface area contributed by atoms with Crippen molar-refractivity contribution in [1.29, 1.82) is 0 Å². The van der Waals surface area contributed by atoms with Crippen LogP contribution in [0.2, 0.25) is 0 Å². The van der Waals surface area contributed by atoms with Crippen LogP contribution in [0.25, 0.3) is 0 Å². The molecule has 0 amide bonds. The summed E-state index contributed by atoms with van der Waals surface area (Å²) in [5.74, 6) is 0.852. The fraction of sp³-hybridized carbons (Fsp3) is 0.143. The van der Waals surface area contributed by atoms with E-state index in [-0.39, 0.29) is 5.75 Å². The maximum Gasteiger partial charge on any atom is 0.167 e. The van der Waals surface area contributed by atoms with Gasteiger partial charge in [-0.1, -0.05) is 6.07 Å². The maximum atomic E-state index is 13.5. The molecule has 18 heavy (non-hydrogen) atoms. The molecule has 0 radical (unpaired) electrons. The van der Waals surface area contributed by atoms with Gasteiger partial charge >= 0.3 is 0 Å². The Bertz CT molecular complexity index is 543. The molecular formula is C14H14FNO2. The molecule has 0 atom stereocenters. The summed E-state index contributed by atoms with van der Waals surface area (Å²) in [5.41, 5.74) is 5.83. The van der Waals surface area contributed by atoms with Gasteiger partial charge in [0, 0.05) is 17.8 Å². The van der Waals surface area contributed by atoms with Crippen molar-refractivity contribution >= 4 is 5.69 Å². The van der Waals surface area contributed by atoms with Gasteiger partial charge in [-0.2, -0.15) is 0 Å². The SMILES string of the molecule is CCOc1cccc(Oc2ccc(N)cc2F)c1. The molecule has 0 aromatic heterocycles. The Morgan fingerprint density at radius 2 is 1.89 bits per heavy atom. The van der Waals surface area contributed by atoms with Crippen LogP contribution in [0.1, 0.15) is 6.92 Å². The first kappa shape index (κ1) is 12.2. The highest BCUT2D eigenvalue weighted by molar-refractivity contribution is 5.44. The molecule has 0 unspecified atom stereocenters. The normalized spacial score (nSPS) is 10.1. The Kier molecular flexibility index (Phi) is 3.67. The molecule has 2 N–H and O–H groups in total. The van der Waals surface area contributed by atoms with Crippen LogP contribution in [0.5, 0.6) is 17.2 Å². The van der Waals surface area contributed by atoms with Gasteiger partial charge in [-0.15, -0.1) is 0 Å². The number of rotatable bonds is 4. The second-order valence-corrected chi connectivity index (χ2v) is 3.70. The van der Waals surface area contributed by atoms with Gasteiger partial charge in [-0.05, 0) is 31.2 Å². The molecule has 2 aromatic carbocycles. The fourth-order valence-electron chi connectivity index (χ4n) is 1.52. The number of nitrogen functional groups attached to an aromatic ring is 1. The first-order chi connectivity index (χ1) is 8.69. The number of anilines is 1.